The summed E-state index contributed by atoms with van der Waals surface area (Å²) in [5.74, 6) is -0.250. The first-order chi connectivity index (χ1) is 7.74. The molecule has 0 bridgehead atoms. The van der Waals surface area contributed by atoms with E-state index in [2.05, 4.69) is 15.2 Å². The van der Waals surface area contributed by atoms with Gasteiger partial charge in [0.15, 0.2) is 0 Å². The Bertz CT molecular complexity index is 506. The zero-order valence-electron chi connectivity index (χ0n) is 8.42. The van der Waals surface area contributed by atoms with Gasteiger partial charge in [-0.3, -0.25) is 9.89 Å². The van der Waals surface area contributed by atoms with Gasteiger partial charge >= 0.3 is 5.97 Å². The molecule has 2 N–H and O–H groups in total. The molecule has 0 saturated carbocycles. The molecule has 0 aromatic carbocycles. The summed E-state index contributed by atoms with van der Waals surface area (Å²) < 4.78 is 1.90. The van der Waals surface area contributed by atoms with Gasteiger partial charge in [-0.2, -0.15) is 5.10 Å². The minimum atomic E-state index is -0.754. The molecule has 2 aromatic heterocycles. The standard InChI is InChI=1S/C10H10N4O2/c15-10(16)6-1-9-13-8(5-14(9)4-6)7-2-11-12-3-7/h2-3,5-6H,1,4H2,(H,11,12)(H,15,16). The quantitative estimate of drug-likeness (QED) is 0.770. The van der Waals surface area contributed by atoms with Crippen LogP contribution in [-0.4, -0.2) is 30.8 Å². The van der Waals surface area contributed by atoms with Crippen molar-refractivity contribution < 1.29 is 9.90 Å². The third-order valence-electron chi connectivity index (χ3n) is 2.85. The number of rotatable bonds is 2. The predicted octanol–water partition coefficient (Wildman–Crippen LogP) is 0.530. The fourth-order valence-corrected chi connectivity index (χ4v) is 1.99. The predicted molar refractivity (Wildman–Crippen MR) is 54.6 cm³/mol. The normalized spacial score (nSPS) is 18.6. The first kappa shape index (κ1) is 9.14. The van der Waals surface area contributed by atoms with Crippen molar-refractivity contribution in [2.24, 2.45) is 5.92 Å². The van der Waals surface area contributed by atoms with Gasteiger partial charge in [0.1, 0.15) is 5.82 Å². The number of nitrogens with zero attached hydrogens (tertiary/aromatic N) is 3. The average Bonchev–Trinajstić information content (AvgIpc) is 2.91. The van der Waals surface area contributed by atoms with Crippen LogP contribution in [0, 0.1) is 5.92 Å². The second-order valence-electron chi connectivity index (χ2n) is 3.92. The molecule has 1 unspecified atom stereocenters. The van der Waals surface area contributed by atoms with Crippen molar-refractivity contribution in [3.63, 3.8) is 0 Å². The fraction of sp³-hybridized carbons (Fsp3) is 0.300. The molecule has 0 fully saturated rings. The Morgan fingerprint density at radius 2 is 2.50 bits per heavy atom. The van der Waals surface area contributed by atoms with Crippen LogP contribution < -0.4 is 0 Å². The van der Waals surface area contributed by atoms with Crippen molar-refractivity contribution >= 4 is 5.97 Å². The summed E-state index contributed by atoms with van der Waals surface area (Å²) in [7, 11) is 0. The zero-order valence-corrected chi connectivity index (χ0v) is 8.42. The fourth-order valence-electron chi connectivity index (χ4n) is 1.99. The lowest BCUT2D eigenvalue weighted by atomic mass is 10.1. The van der Waals surface area contributed by atoms with Crippen LogP contribution in [0.5, 0.6) is 0 Å². The van der Waals surface area contributed by atoms with Crippen molar-refractivity contribution in [1.82, 2.24) is 19.7 Å². The molecule has 0 aliphatic carbocycles. The molecular weight excluding hydrogens is 208 g/mol. The maximum atomic E-state index is 10.8. The van der Waals surface area contributed by atoms with Crippen molar-refractivity contribution in [2.75, 3.05) is 0 Å². The van der Waals surface area contributed by atoms with Crippen LogP contribution in [0.4, 0.5) is 0 Å². The molecule has 1 atom stereocenters. The molecule has 6 heteroatoms. The van der Waals surface area contributed by atoms with Crippen LogP contribution in [0.3, 0.4) is 0 Å². The van der Waals surface area contributed by atoms with E-state index in [1.54, 1.807) is 12.4 Å². The van der Waals surface area contributed by atoms with E-state index < -0.39 is 5.97 Å². The number of hydrogen-bond donors (Lipinski definition) is 2. The van der Waals surface area contributed by atoms with Crippen molar-refractivity contribution in [3.05, 3.63) is 24.4 Å². The number of H-pyrrole nitrogens is 1. The smallest absolute Gasteiger partial charge is 0.308 e. The van der Waals surface area contributed by atoms with E-state index in [0.717, 1.165) is 17.1 Å². The van der Waals surface area contributed by atoms with Crippen LogP contribution >= 0.6 is 0 Å². The molecule has 2 aromatic rings. The third kappa shape index (κ3) is 1.30. The lowest BCUT2D eigenvalue weighted by Crippen LogP contribution is -2.14. The van der Waals surface area contributed by atoms with E-state index in [1.165, 1.54) is 0 Å². The van der Waals surface area contributed by atoms with Gasteiger partial charge in [0.25, 0.3) is 0 Å². The highest BCUT2D eigenvalue weighted by Gasteiger charge is 2.28. The lowest BCUT2D eigenvalue weighted by molar-refractivity contribution is -0.141. The van der Waals surface area contributed by atoms with E-state index in [9.17, 15) is 4.79 Å². The maximum Gasteiger partial charge on any atom is 0.308 e. The first-order valence-electron chi connectivity index (χ1n) is 5.02. The molecule has 16 heavy (non-hydrogen) atoms. The van der Waals surface area contributed by atoms with Crippen LogP contribution in [-0.2, 0) is 17.8 Å². The highest BCUT2D eigenvalue weighted by atomic mass is 16.4. The number of aromatic nitrogens is 4. The number of hydrogen-bond acceptors (Lipinski definition) is 3. The Morgan fingerprint density at radius 1 is 1.62 bits per heavy atom. The molecule has 1 aliphatic heterocycles. The Balaban J connectivity index is 1.90. The van der Waals surface area contributed by atoms with E-state index in [-0.39, 0.29) is 5.92 Å². The Kier molecular flexibility index (Phi) is 1.82. The second-order valence-corrected chi connectivity index (χ2v) is 3.92. The third-order valence-corrected chi connectivity index (χ3v) is 2.85. The molecule has 82 valence electrons. The first-order valence-corrected chi connectivity index (χ1v) is 5.02. The molecule has 3 heterocycles. The minimum absolute atomic E-state index is 0.333. The van der Waals surface area contributed by atoms with E-state index >= 15 is 0 Å². The largest absolute Gasteiger partial charge is 0.481 e. The number of carboxylic acid groups (broad SMARTS) is 1. The maximum absolute atomic E-state index is 10.8. The van der Waals surface area contributed by atoms with Gasteiger partial charge in [-0.25, -0.2) is 4.98 Å². The van der Waals surface area contributed by atoms with Gasteiger partial charge in [-0.05, 0) is 0 Å². The van der Waals surface area contributed by atoms with E-state index in [1.807, 2.05) is 10.8 Å². The van der Waals surface area contributed by atoms with Gasteiger partial charge in [0.05, 0.1) is 17.8 Å². The molecule has 0 saturated heterocycles. The number of imidazole rings is 1. The Hall–Kier alpha value is -2.11. The summed E-state index contributed by atoms with van der Waals surface area (Å²) in [4.78, 5) is 15.2. The molecular formula is C10H10N4O2. The van der Waals surface area contributed by atoms with Crippen LogP contribution in [0.2, 0.25) is 0 Å². The highest BCUT2D eigenvalue weighted by molar-refractivity contribution is 5.71. The van der Waals surface area contributed by atoms with Crippen LogP contribution in [0.25, 0.3) is 11.3 Å². The van der Waals surface area contributed by atoms with Gasteiger partial charge in [-0.1, -0.05) is 0 Å². The van der Waals surface area contributed by atoms with Gasteiger partial charge in [0, 0.05) is 30.9 Å². The van der Waals surface area contributed by atoms with Crippen molar-refractivity contribution in [2.45, 2.75) is 13.0 Å². The molecule has 0 radical (unpaired) electrons. The Morgan fingerprint density at radius 3 is 3.12 bits per heavy atom. The van der Waals surface area contributed by atoms with Gasteiger partial charge in [-0.15, -0.1) is 0 Å². The number of carbonyl (C=O) groups is 1. The zero-order chi connectivity index (χ0) is 11.1. The highest BCUT2D eigenvalue weighted by Crippen LogP contribution is 2.24. The van der Waals surface area contributed by atoms with Crippen molar-refractivity contribution in [1.29, 1.82) is 0 Å². The summed E-state index contributed by atoms with van der Waals surface area (Å²) >= 11 is 0. The number of nitrogens with one attached hydrogen (secondary N) is 1. The van der Waals surface area contributed by atoms with E-state index in [4.69, 9.17) is 5.11 Å². The van der Waals surface area contributed by atoms with Gasteiger partial charge < -0.3 is 9.67 Å². The minimum Gasteiger partial charge on any atom is -0.481 e. The number of fused-ring (bicyclic) bond motifs is 1. The molecule has 3 rings (SSSR count). The van der Waals surface area contributed by atoms with Gasteiger partial charge in [0.2, 0.25) is 0 Å². The molecule has 0 spiro atoms. The summed E-state index contributed by atoms with van der Waals surface area (Å²) in [5.41, 5.74) is 1.77. The van der Waals surface area contributed by atoms with Crippen LogP contribution in [0.15, 0.2) is 18.6 Å². The molecule has 0 amide bonds. The summed E-state index contributed by atoms with van der Waals surface area (Å²) in [6, 6.07) is 0. The Labute approximate surface area is 90.9 Å². The number of aromatic amines is 1. The molecule has 6 nitrogen and oxygen atoms in total. The molecule has 1 aliphatic rings. The SMILES string of the molecule is O=C(O)C1Cc2nc(-c3cn[nH]c3)cn2C1. The van der Waals surface area contributed by atoms with E-state index in [0.29, 0.717) is 13.0 Å². The number of carboxylic acids is 1. The summed E-state index contributed by atoms with van der Waals surface area (Å²) in [6.45, 7) is 0.509. The summed E-state index contributed by atoms with van der Waals surface area (Å²) in [6.07, 6.45) is 5.86. The second kappa shape index (κ2) is 3.19. The summed E-state index contributed by atoms with van der Waals surface area (Å²) in [5, 5.41) is 15.5. The average molecular weight is 218 g/mol. The topological polar surface area (TPSA) is 83.8 Å². The van der Waals surface area contributed by atoms with Crippen molar-refractivity contribution in [3.8, 4) is 11.3 Å². The monoisotopic (exact) mass is 218 g/mol. The van der Waals surface area contributed by atoms with Crippen LogP contribution in [0.1, 0.15) is 5.82 Å². The number of aliphatic carboxylic acids is 1. The lowest BCUT2D eigenvalue weighted by Gasteiger charge is -2.00.